The SMILES string of the molecule is CCCNC1C(OCC2CCOC2)CCC1(C)C. The average molecular weight is 255 g/mol. The van der Waals surface area contributed by atoms with Crippen molar-refractivity contribution in [1.82, 2.24) is 5.32 Å². The van der Waals surface area contributed by atoms with Crippen LogP contribution in [0.1, 0.15) is 46.5 Å². The average Bonchev–Trinajstić information content (AvgIpc) is 2.92. The van der Waals surface area contributed by atoms with Gasteiger partial charge in [0, 0.05) is 18.6 Å². The molecule has 106 valence electrons. The van der Waals surface area contributed by atoms with Gasteiger partial charge in [0.15, 0.2) is 0 Å². The van der Waals surface area contributed by atoms with E-state index in [0.717, 1.165) is 26.4 Å². The van der Waals surface area contributed by atoms with Crippen LogP contribution in [0.2, 0.25) is 0 Å². The molecule has 2 rings (SSSR count). The first kappa shape index (κ1) is 14.3. The monoisotopic (exact) mass is 255 g/mol. The Morgan fingerprint density at radius 1 is 1.33 bits per heavy atom. The molecule has 1 aliphatic heterocycles. The number of ether oxygens (including phenoxy) is 2. The van der Waals surface area contributed by atoms with Crippen molar-refractivity contribution < 1.29 is 9.47 Å². The van der Waals surface area contributed by atoms with Crippen molar-refractivity contribution >= 4 is 0 Å². The molecule has 3 atom stereocenters. The topological polar surface area (TPSA) is 30.5 Å². The molecule has 3 unspecified atom stereocenters. The van der Waals surface area contributed by atoms with Crippen LogP contribution >= 0.6 is 0 Å². The quantitative estimate of drug-likeness (QED) is 0.791. The van der Waals surface area contributed by atoms with Crippen LogP contribution in [0, 0.1) is 11.3 Å². The van der Waals surface area contributed by atoms with Crippen LogP contribution in [-0.2, 0) is 9.47 Å². The van der Waals surface area contributed by atoms with Gasteiger partial charge in [-0.15, -0.1) is 0 Å². The third-order valence-electron chi connectivity index (χ3n) is 4.47. The summed E-state index contributed by atoms with van der Waals surface area (Å²) in [5.74, 6) is 0.625. The minimum absolute atomic E-state index is 0.367. The molecule has 1 N–H and O–H groups in total. The zero-order valence-electron chi connectivity index (χ0n) is 12.2. The Morgan fingerprint density at radius 3 is 2.83 bits per heavy atom. The molecule has 0 aromatic carbocycles. The van der Waals surface area contributed by atoms with Gasteiger partial charge in [-0.25, -0.2) is 0 Å². The molecular weight excluding hydrogens is 226 g/mol. The summed E-state index contributed by atoms with van der Waals surface area (Å²) in [6, 6.07) is 0.514. The van der Waals surface area contributed by atoms with Crippen molar-refractivity contribution in [3.8, 4) is 0 Å². The maximum absolute atomic E-state index is 6.19. The summed E-state index contributed by atoms with van der Waals surface area (Å²) in [6.45, 7) is 10.7. The van der Waals surface area contributed by atoms with Gasteiger partial charge in [0.2, 0.25) is 0 Å². The molecule has 0 spiro atoms. The minimum atomic E-state index is 0.367. The molecule has 1 saturated heterocycles. The summed E-state index contributed by atoms with van der Waals surface area (Å²) in [4.78, 5) is 0. The van der Waals surface area contributed by atoms with Gasteiger partial charge in [0.05, 0.1) is 19.3 Å². The summed E-state index contributed by atoms with van der Waals surface area (Å²) in [5.41, 5.74) is 0.367. The van der Waals surface area contributed by atoms with Crippen LogP contribution < -0.4 is 5.32 Å². The molecule has 3 nitrogen and oxygen atoms in total. The predicted octanol–water partition coefficient (Wildman–Crippen LogP) is 2.60. The summed E-state index contributed by atoms with van der Waals surface area (Å²) < 4.78 is 11.6. The lowest BCUT2D eigenvalue weighted by molar-refractivity contribution is 0.00526. The standard InChI is InChI=1S/C15H29NO2/c1-4-8-16-14-13(5-7-15(14,2)3)18-11-12-6-9-17-10-12/h12-14,16H,4-11H2,1-3H3. The molecule has 2 aliphatic rings. The minimum Gasteiger partial charge on any atom is -0.381 e. The van der Waals surface area contributed by atoms with Gasteiger partial charge in [-0.3, -0.25) is 0 Å². The molecule has 1 saturated carbocycles. The van der Waals surface area contributed by atoms with Crippen LogP contribution in [0.25, 0.3) is 0 Å². The van der Waals surface area contributed by atoms with Crippen molar-refractivity contribution in [3.05, 3.63) is 0 Å². The van der Waals surface area contributed by atoms with Crippen LogP contribution in [0.4, 0.5) is 0 Å². The fourth-order valence-electron chi connectivity index (χ4n) is 3.20. The van der Waals surface area contributed by atoms with Gasteiger partial charge >= 0.3 is 0 Å². The van der Waals surface area contributed by atoms with E-state index in [1.807, 2.05) is 0 Å². The van der Waals surface area contributed by atoms with Crippen LogP contribution in [0.15, 0.2) is 0 Å². The maximum Gasteiger partial charge on any atom is 0.0733 e. The van der Waals surface area contributed by atoms with E-state index in [1.54, 1.807) is 0 Å². The highest BCUT2D eigenvalue weighted by molar-refractivity contribution is 4.97. The number of rotatable bonds is 6. The van der Waals surface area contributed by atoms with Crippen molar-refractivity contribution in [2.75, 3.05) is 26.4 Å². The Kier molecular flexibility index (Phi) is 5.05. The molecule has 3 heteroatoms. The number of nitrogens with one attached hydrogen (secondary N) is 1. The molecule has 1 aliphatic carbocycles. The Labute approximate surface area is 112 Å². The summed E-state index contributed by atoms with van der Waals surface area (Å²) in [7, 11) is 0. The van der Waals surface area contributed by atoms with E-state index in [9.17, 15) is 0 Å². The molecular formula is C15H29NO2. The van der Waals surface area contributed by atoms with E-state index in [4.69, 9.17) is 9.47 Å². The molecule has 2 fully saturated rings. The maximum atomic E-state index is 6.19. The fourth-order valence-corrected chi connectivity index (χ4v) is 3.20. The second-order valence-electron chi connectivity index (χ2n) is 6.56. The normalized spacial score (nSPS) is 35.2. The molecule has 0 aromatic rings. The number of hydrogen-bond acceptors (Lipinski definition) is 3. The zero-order valence-corrected chi connectivity index (χ0v) is 12.2. The molecule has 0 amide bonds. The Morgan fingerprint density at radius 2 is 2.17 bits per heavy atom. The lowest BCUT2D eigenvalue weighted by Gasteiger charge is -2.32. The lowest BCUT2D eigenvalue weighted by atomic mass is 9.87. The first-order valence-electron chi connectivity index (χ1n) is 7.56. The van der Waals surface area contributed by atoms with E-state index in [2.05, 4.69) is 26.1 Å². The van der Waals surface area contributed by atoms with Crippen molar-refractivity contribution in [2.45, 2.75) is 58.6 Å². The van der Waals surface area contributed by atoms with Gasteiger partial charge in [-0.05, 0) is 37.6 Å². The Hall–Kier alpha value is -0.120. The first-order valence-corrected chi connectivity index (χ1v) is 7.56. The van der Waals surface area contributed by atoms with Gasteiger partial charge in [-0.2, -0.15) is 0 Å². The third-order valence-corrected chi connectivity index (χ3v) is 4.47. The third kappa shape index (κ3) is 3.46. The smallest absolute Gasteiger partial charge is 0.0733 e. The second kappa shape index (κ2) is 6.36. The second-order valence-corrected chi connectivity index (χ2v) is 6.56. The van der Waals surface area contributed by atoms with Crippen molar-refractivity contribution in [2.24, 2.45) is 11.3 Å². The number of hydrogen-bond donors (Lipinski definition) is 1. The highest BCUT2D eigenvalue weighted by Crippen LogP contribution is 2.39. The van der Waals surface area contributed by atoms with Crippen LogP contribution in [0.5, 0.6) is 0 Å². The van der Waals surface area contributed by atoms with Crippen molar-refractivity contribution in [3.63, 3.8) is 0 Å². The fraction of sp³-hybridized carbons (Fsp3) is 1.00. The van der Waals surface area contributed by atoms with Gasteiger partial charge < -0.3 is 14.8 Å². The van der Waals surface area contributed by atoms with Gasteiger partial charge in [-0.1, -0.05) is 20.8 Å². The Balaban J connectivity index is 1.81. The Bertz CT molecular complexity index is 249. The predicted molar refractivity (Wildman–Crippen MR) is 73.8 cm³/mol. The first-order chi connectivity index (χ1) is 8.63. The highest BCUT2D eigenvalue weighted by Gasteiger charge is 2.42. The van der Waals surface area contributed by atoms with Crippen molar-refractivity contribution in [1.29, 1.82) is 0 Å². The van der Waals surface area contributed by atoms with Gasteiger partial charge in [0.1, 0.15) is 0 Å². The lowest BCUT2D eigenvalue weighted by Crippen LogP contribution is -2.46. The van der Waals surface area contributed by atoms with Crippen LogP contribution in [0.3, 0.4) is 0 Å². The largest absolute Gasteiger partial charge is 0.381 e. The summed E-state index contributed by atoms with van der Waals surface area (Å²) in [6.07, 6.45) is 5.22. The van der Waals surface area contributed by atoms with E-state index in [-0.39, 0.29) is 0 Å². The highest BCUT2D eigenvalue weighted by atomic mass is 16.5. The van der Waals surface area contributed by atoms with E-state index in [0.29, 0.717) is 23.5 Å². The van der Waals surface area contributed by atoms with Gasteiger partial charge in [0.25, 0.3) is 0 Å². The van der Waals surface area contributed by atoms with E-state index in [1.165, 1.54) is 25.7 Å². The summed E-state index contributed by atoms with van der Waals surface area (Å²) >= 11 is 0. The summed E-state index contributed by atoms with van der Waals surface area (Å²) in [5, 5.41) is 3.69. The molecule has 0 radical (unpaired) electrons. The molecule has 1 heterocycles. The molecule has 0 aromatic heterocycles. The van der Waals surface area contributed by atoms with Crippen LogP contribution in [-0.4, -0.2) is 38.5 Å². The molecule has 0 bridgehead atoms. The van der Waals surface area contributed by atoms with E-state index >= 15 is 0 Å². The molecule has 18 heavy (non-hydrogen) atoms. The zero-order chi connectivity index (χ0) is 13.0. The van der Waals surface area contributed by atoms with E-state index < -0.39 is 0 Å².